The van der Waals surface area contributed by atoms with Crippen molar-refractivity contribution in [2.75, 3.05) is 13.7 Å². The molecule has 1 radical (unpaired) electrons. The van der Waals surface area contributed by atoms with Crippen LogP contribution in [0.4, 0.5) is 0 Å². The minimum absolute atomic E-state index is 0.0848. The summed E-state index contributed by atoms with van der Waals surface area (Å²) in [6, 6.07) is 12.1. The van der Waals surface area contributed by atoms with Gasteiger partial charge in [0, 0.05) is 0 Å². The third kappa shape index (κ3) is 12.4. The predicted octanol–water partition coefficient (Wildman–Crippen LogP) is 9.61. The number of allylic oxidation sites excluding steroid dienone is 1. The highest BCUT2D eigenvalue weighted by Gasteiger charge is 2.28. The Bertz CT molecular complexity index is 1200. The molecule has 0 fully saturated rings. The van der Waals surface area contributed by atoms with Gasteiger partial charge >= 0.3 is 7.82 Å². The molecule has 9 heteroatoms. The number of unbranched alkanes of at least 4 members (excludes halogenated alkanes) is 11. The molecule has 1 unspecified atom stereocenters. The summed E-state index contributed by atoms with van der Waals surface area (Å²) in [7, 11) is -3.03. The molecule has 7 nitrogen and oxygen atoms in total. The molecule has 0 aliphatic carbocycles. The lowest BCUT2D eigenvalue weighted by molar-refractivity contribution is 0.267. The van der Waals surface area contributed by atoms with Crippen molar-refractivity contribution in [2.45, 2.75) is 104 Å². The van der Waals surface area contributed by atoms with Crippen LogP contribution in [0.3, 0.4) is 0 Å². The Morgan fingerprint density at radius 1 is 0.833 bits per heavy atom. The van der Waals surface area contributed by atoms with E-state index in [9.17, 15) is 9.46 Å². The van der Waals surface area contributed by atoms with E-state index in [4.69, 9.17) is 18.5 Å². The van der Waals surface area contributed by atoms with Gasteiger partial charge in [0.1, 0.15) is 5.75 Å². The number of ether oxygens (including phenoxy) is 2. The van der Waals surface area contributed by atoms with Crippen LogP contribution in [-0.4, -0.2) is 23.7 Å². The van der Waals surface area contributed by atoms with Gasteiger partial charge in [0.2, 0.25) is 5.75 Å². The SMILES string of the molecule is CCCCCCCCCCCCCCOc1cccc(OP(=O)(O)Oc2cccc(CC3=[N+]C=C(CC)S3)c2)c1OC. The van der Waals surface area contributed by atoms with Crippen LogP contribution in [0.5, 0.6) is 23.0 Å². The van der Waals surface area contributed by atoms with Crippen LogP contribution in [-0.2, 0) is 11.0 Å². The normalized spacial score (nSPS) is 14.2. The van der Waals surface area contributed by atoms with Crippen molar-refractivity contribution in [2.24, 2.45) is 0 Å². The number of hydrogen-bond donors (Lipinski definition) is 1. The molecule has 3 rings (SSSR count). The van der Waals surface area contributed by atoms with Crippen LogP contribution in [0.2, 0.25) is 0 Å². The van der Waals surface area contributed by atoms with E-state index in [1.165, 1.54) is 76.2 Å². The zero-order valence-electron chi connectivity index (χ0n) is 25.5. The second-order valence-electron chi connectivity index (χ2n) is 10.6. The number of methoxy groups -OCH3 is 1. The molecular weight excluding hydrogens is 569 g/mol. The van der Waals surface area contributed by atoms with Crippen molar-refractivity contribution in [3.8, 4) is 23.0 Å². The van der Waals surface area contributed by atoms with Crippen molar-refractivity contribution in [1.29, 1.82) is 0 Å². The van der Waals surface area contributed by atoms with Crippen LogP contribution in [0.1, 0.15) is 103 Å². The smallest absolute Gasteiger partial charge is 0.490 e. The summed E-state index contributed by atoms with van der Waals surface area (Å²) in [5, 5.41) is 0.984. The topological polar surface area (TPSA) is 88.3 Å². The van der Waals surface area contributed by atoms with Crippen LogP contribution in [0, 0.1) is 0 Å². The molecule has 1 aliphatic heterocycles. The lowest BCUT2D eigenvalue weighted by Crippen LogP contribution is -2.04. The van der Waals surface area contributed by atoms with Crippen molar-refractivity contribution < 1.29 is 28.0 Å². The largest absolute Gasteiger partial charge is 0.585 e. The Morgan fingerprint density at radius 3 is 2.12 bits per heavy atom. The molecule has 0 bridgehead atoms. The Hall–Kier alpha value is -2.41. The minimum atomic E-state index is -4.51. The fraction of sp³-hybridized carbons (Fsp3) is 0.545. The van der Waals surface area contributed by atoms with E-state index >= 15 is 0 Å². The molecular formula is C33H48NO6PS+. The van der Waals surface area contributed by atoms with Crippen molar-refractivity contribution in [1.82, 2.24) is 4.99 Å². The average Bonchev–Trinajstić information content (AvgIpc) is 3.42. The summed E-state index contributed by atoms with van der Waals surface area (Å²) in [4.78, 5) is 16.2. The Balaban J connectivity index is 1.41. The summed E-state index contributed by atoms with van der Waals surface area (Å²) < 4.78 is 35.2. The maximum Gasteiger partial charge on any atom is 0.585 e. The lowest BCUT2D eigenvalue weighted by atomic mass is 10.1. The Kier molecular flexibility index (Phi) is 15.4. The molecule has 0 aromatic heterocycles. The molecule has 0 saturated carbocycles. The van der Waals surface area contributed by atoms with Crippen molar-refractivity contribution >= 4 is 24.6 Å². The van der Waals surface area contributed by atoms with E-state index < -0.39 is 7.82 Å². The number of phosphoric acid groups is 1. The van der Waals surface area contributed by atoms with Gasteiger partial charge in [-0.05, 0) is 54.4 Å². The third-order valence-electron chi connectivity index (χ3n) is 7.04. The quantitative estimate of drug-likeness (QED) is 0.104. The van der Waals surface area contributed by atoms with Crippen LogP contribution < -0.4 is 23.5 Å². The van der Waals surface area contributed by atoms with Crippen molar-refractivity contribution in [3.63, 3.8) is 0 Å². The first-order valence-corrected chi connectivity index (χ1v) is 17.8. The fourth-order valence-electron chi connectivity index (χ4n) is 4.76. The first kappa shape index (κ1) is 34.1. The molecule has 1 heterocycles. The maximum absolute atomic E-state index is 12.9. The molecule has 1 atom stereocenters. The van der Waals surface area contributed by atoms with Gasteiger partial charge in [-0.2, -0.15) is 0 Å². The van der Waals surface area contributed by atoms with E-state index in [1.54, 1.807) is 48.2 Å². The van der Waals surface area contributed by atoms with Gasteiger partial charge in [0.15, 0.2) is 11.5 Å². The second-order valence-corrected chi connectivity index (χ2v) is 13.1. The molecule has 2 aromatic rings. The number of nitrogens with zero attached hydrogens (tertiary/aromatic N) is 1. The second kappa shape index (κ2) is 19.0. The number of phosphoric ester groups is 1. The number of hydrogen-bond acceptors (Lipinski definition) is 7. The Morgan fingerprint density at radius 2 is 1.48 bits per heavy atom. The molecule has 1 N–H and O–H groups in total. The number of para-hydroxylation sites is 1. The van der Waals surface area contributed by atoms with E-state index in [0.29, 0.717) is 18.8 Å². The summed E-state index contributed by atoms with van der Waals surface area (Å²) in [6.45, 7) is 4.89. The molecule has 231 valence electrons. The fourth-order valence-corrected chi connectivity index (χ4v) is 6.47. The standard InChI is InChI=1S/C33H48NO6PS/c1-4-6-7-8-9-10-11-12-13-14-15-16-23-38-30-21-18-22-31(33(30)37-3)40-41(35,36)39-28-20-17-19-27(24-28)25-32-34-26-29(5-2)42-32/h17-22,24,26H,4-16,23,25H2,1-3H3,(H,35,36)/q+1. The summed E-state index contributed by atoms with van der Waals surface area (Å²) in [6.07, 6.45) is 18.8. The van der Waals surface area contributed by atoms with Gasteiger partial charge in [-0.15, -0.1) is 0 Å². The zero-order valence-corrected chi connectivity index (χ0v) is 27.2. The maximum atomic E-state index is 12.9. The van der Waals surface area contributed by atoms with E-state index in [0.717, 1.165) is 29.9 Å². The predicted molar refractivity (Wildman–Crippen MR) is 174 cm³/mol. The van der Waals surface area contributed by atoms with E-state index in [-0.39, 0.29) is 17.2 Å². The number of aliphatic imine (C=N–C) groups is 1. The highest BCUT2D eigenvalue weighted by Crippen LogP contribution is 2.49. The van der Waals surface area contributed by atoms with Gasteiger partial charge in [-0.25, -0.2) is 4.57 Å². The molecule has 2 aromatic carbocycles. The monoisotopic (exact) mass is 617 g/mol. The highest BCUT2D eigenvalue weighted by molar-refractivity contribution is 8.17. The number of rotatable bonds is 22. The van der Waals surface area contributed by atoms with Gasteiger partial charge < -0.3 is 18.5 Å². The number of benzene rings is 2. The average molecular weight is 618 g/mol. The molecule has 0 amide bonds. The zero-order chi connectivity index (χ0) is 30.0. The molecule has 0 spiro atoms. The third-order valence-corrected chi connectivity index (χ3v) is 9.05. The van der Waals surface area contributed by atoms with Gasteiger partial charge in [0.25, 0.3) is 11.2 Å². The first-order chi connectivity index (χ1) is 20.4. The highest BCUT2D eigenvalue weighted by atomic mass is 32.2. The summed E-state index contributed by atoms with van der Waals surface area (Å²) in [5.74, 6) is 1.05. The van der Waals surface area contributed by atoms with Crippen LogP contribution in [0.15, 0.2) is 53.6 Å². The summed E-state index contributed by atoms with van der Waals surface area (Å²) >= 11 is 1.66. The molecule has 42 heavy (non-hydrogen) atoms. The first-order valence-electron chi connectivity index (χ1n) is 15.5. The van der Waals surface area contributed by atoms with Gasteiger partial charge in [-0.1, -0.05) is 103 Å². The molecule has 0 saturated heterocycles. The van der Waals surface area contributed by atoms with Crippen LogP contribution in [0.25, 0.3) is 0 Å². The van der Waals surface area contributed by atoms with Gasteiger partial charge in [0.05, 0.1) is 30.0 Å². The Labute approximate surface area is 256 Å². The van der Waals surface area contributed by atoms with E-state index in [2.05, 4.69) is 18.8 Å². The minimum Gasteiger partial charge on any atom is -0.490 e. The van der Waals surface area contributed by atoms with Crippen LogP contribution >= 0.6 is 19.6 Å². The summed E-state index contributed by atoms with van der Waals surface area (Å²) in [5.41, 5.74) is 0.926. The van der Waals surface area contributed by atoms with Crippen molar-refractivity contribution in [3.05, 3.63) is 59.1 Å². The lowest BCUT2D eigenvalue weighted by Gasteiger charge is -2.18. The number of thioether (sulfide) groups is 1. The van der Waals surface area contributed by atoms with E-state index in [1.807, 2.05) is 12.3 Å². The van der Waals surface area contributed by atoms with Gasteiger partial charge in [-0.3, -0.25) is 4.89 Å². The molecule has 1 aliphatic rings.